The highest BCUT2D eigenvalue weighted by molar-refractivity contribution is 7.14. The van der Waals surface area contributed by atoms with Gasteiger partial charge in [0, 0.05) is 36.5 Å². The smallest absolute Gasteiger partial charge is 0.410 e. The number of carbonyl (C=O) groups excluding carboxylic acids is 2. The number of ether oxygens (including phenoxy) is 5. The summed E-state index contributed by atoms with van der Waals surface area (Å²) in [4.78, 5) is 48.7. The summed E-state index contributed by atoms with van der Waals surface area (Å²) in [6.45, 7) is 7.43. The molecule has 1 aliphatic carbocycles. The van der Waals surface area contributed by atoms with Gasteiger partial charge in [-0.05, 0) is 88.3 Å². The van der Waals surface area contributed by atoms with Crippen LogP contribution in [0.2, 0.25) is 15.1 Å². The monoisotopic (exact) mass is 836 g/mol. The molecule has 3 aliphatic rings. The second-order valence-corrected chi connectivity index (χ2v) is 17.0. The molecule has 0 radical (unpaired) electrons. The van der Waals surface area contributed by atoms with Gasteiger partial charge in [0.2, 0.25) is 5.91 Å². The second-order valence-electron chi connectivity index (χ2n) is 14.8. The van der Waals surface area contributed by atoms with Gasteiger partial charge in [-0.1, -0.05) is 46.1 Å². The van der Waals surface area contributed by atoms with Gasteiger partial charge in [-0.3, -0.25) is 9.69 Å². The van der Waals surface area contributed by atoms with Gasteiger partial charge in [0.05, 0.1) is 46.2 Å². The quantitative estimate of drug-likeness (QED) is 0.173. The molecule has 1 saturated heterocycles. The normalized spacial score (nSPS) is 18.8. The van der Waals surface area contributed by atoms with Crippen LogP contribution >= 0.6 is 46.1 Å². The lowest BCUT2D eigenvalue weighted by Gasteiger charge is -2.49. The number of benzene rings is 2. The highest BCUT2D eigenvalue weighted by Crippen LogP contribution is 2.46. The maximum Gasteiger partial charge on any atom is 0.410 e. The first-order valence-corrected chi connectivity index (χ1v) is 19.6. The van der Waals surface area contributed by atoms with Crippen LogP contribution in [0.25, 0.3) is 5.57 Å². The van der Waals surface area contributed by atoms with Crippen LogP contribution in [0.4, 0.5) is 9.59 Å². The molecule has 13 nitrogen and oxygen atoms in total. The lowest BCUT2D eigenvalue weighted by Crippen LogP contribution is -2.65. The molecule has 2 aliphatic heterocycles. The second kappa shape index (κ2) is 16.2. The van der Waals surface area contributed by atoms with E-state index in [0.29, 0.717) is 67.2 Å². The predicted octanol–water partition coefficient (Wildman–Crippen LogP) is 7.90. The number of amides is 3. The van der Waals surface area contributed by atoms with Gasteiger partial charge < -0.3 is 39.0 Å². The number of fused-ring (bicyclic) bond motifs is 2. The summed E-state index contributed by atoms with van der Waals surface area (Å²) in [6.07, 6.45) is 1.69. The van der Waals surface area contributed by atoms with Crippen molar-refractivity contribution in [2.75, 3.05) is 40.5 Å². The first-order chi connectivity index (χ1) is 26.0. The molecule has 55 heavy (non-hydrogen) atoms. The van der Waals surface area contributed by atoms with Crippen molar-refractivity contribution in [2.24, 2.45) is 0 Å². The zero-order valence-electron chi connectivity index (χ0n) is 31.3. The molecule has 1 unspecified atom stereocenters. The van der Waals surface area contributed by atoms with Crippen LogP contribution < -0.4 is 24.3 Å². The SMILES string of the molecule is COc1cc(CC2(NC(=O)C3=C(c4cnc(OCCOc5c(Cl)cc(C)cc5Cl)s4)CC4CN(C(=O)OC(C)(C)C)C[C@H]3N4C(=O)O)CC2)c(Cl)c(OC)c1. The average molecular weight is 838 g/mol. The minimum absolute atomic E-state index is 0.0832. The third-order valence-corrected chi connectivity index (χ3v) is 11.5. The Morgan fingerprint density at radius 1 is 1.02 bits per heavy atom. The Bertz CT molecular complexity index is 1990. The number of hydrogen-bond acceptors (Lipinski definition) is 10. The van der Waals surface area contributed by atoms with Crippen molar-refractivity contribution in [1.29, 1.82) is 0 Å². The molecule has 296 valence electrons. The Hall–Kier alpha value is -4.11. The molecule has 2 fully saturated rings. The molecule has 1 saturated carbocycles. The Kier molecular flexibility index (Phi) is 11.9. The number of carboxylic acid groups (broad SMARTS) is 1. The summed E-state index contributed by atoms with van der Waals surface area (Å²) in [5, 5.41) is 15.2. The molecule has 3 aromatic rings. The number of aryl methyl sites for hydroxylation is 1. The van der Waals surface area contributed by atoms with Crippen molar-refractivity contribution in [3.8, 4) is 22.4 Å². The van der Waals surface area contributed by atoms with Crippen molar-refractivity contribution in [2.45, 2.75) is 76.6 Å². The van der Waals surface area contributed by atoms with Gasteiger partial charge in [-0.25, -0.2) is 14.6 Å². The minimum Gasteiger partial charge on any atom is -0.497 e. The van der Waals surface area contributed by atoms with Crippen molar-refractivity contribution in [3.05, 3.63) is 67.1 Å². The number of aromatic nitrogens is 1. The lowest BCUT2D eigenvalue weighted by atomic mass is 9.84. The minimum atomic E-state index is -1.19. The maximum atomic E-state index is 14.7. The Morgan fingerprint density at radius 3 is 2.33 bits per heavy atom. The number of piperazine rings is 1. The maximum absolute atomic E-state index is 14.7. The molecule has 3 amide bonds. The van der Waals surface area contributed by atoms with E-state index in [1.54, 1.807) is 52.3 Å². The van der Waals surface area contributed by atoms with Gasteiger partial charge >= 0.3 is 12.2 Å². The van der Waals surface area contributed by atoms with E-state index in [1.165, 1.54) is 28.2 Å². The first kappa shape index (κ1) is 40.6. The Balaban J connectivity index is 1.29. The number of thiazole rings is 1. The fourth-order valence-corrected chi connectivity index (χ4v) is 8.76. The van der Waals surface area contributed by atoms with E-state index >= 15 is 0 Å². The number of halogens is 3. The van der Waals surface area contributed by atoms with E-state index in [1.807, 2.05) is 13.0 Å². The highest BCUT2D eigenvalue weighted by Gasteiger charge is 2.51. The fraction of sp³-hybridized carbons (Fsp3) is 0.474. The summed E-state index contributed by atoms with van der Waals surface area (Å²) >= 11 is 20.6. The average Bonchev–Trinajstić information content (AvgIpc) is 3.68. The topological polar surface area (TPSA) is 149 Å². The molecule has 2 N–H and O–H groups in total. The molecule has 17 heteroatoms. The van der Waals surface area contributed by atoms with E-state index < -0.39 is 41.3 Å². The molecule has 2 aromatic carbocycles. The van der Waals surface area contributed by atoms with Gasteiger partial charge in [0.1, 0.15) is 30.3 Å². The third-order valence-electron chi connectivity index (χ3n) is 9.55. The van der Waals surface area contributed by atoms with Crippen LogP contribution in [0.1, 0.15) is 56.0 Å². The summed E-state index contributed by atoms with van der Waals surface area (Å²) in [5.74, 6) is 0.910. The molecule has 6 rings (SSSR count). The third kappa shape index (κ3) is 9.14. The molecule has 2 bridgehead atoms. The standard InChI is InChI=1S/C38H43Cl3N4O9S/c1-20-11-25(39)32(26(40)12-20)52-9-10-53-34-42-17-29(55-34)24-14-22-18-44(36(49)54-37(2,3)4)19-27(45(22)35(47)48)30(24)33(46)43-38(7-8-38)16-21-13-23(50-5)15-28(51-6)31(21)41/h11-13,15,17,22,27H,7-10,14,16,18-19H2,1-6H3,(H,43,46)(H,47,48)/t22?,27-/m1/s1. The number of methoxy groups -OCH3 is 2. The van der Waals surface area contributed by atoms with Crippen molar-refractivity contribution in [1.82, 2.24) is 20.1 Å². The Labute approximate surface area is 338 Å². The van der Waals surface area contributed by atoms with Crippen LogP contribution in [-0.2, 0) is 16.0 Å². The van der Waals surface area contributed by atoms with Gasteiger partial charge in [-0.15, -0.1) is 0 Å². The van der Waals surface area contributed by atoms with Crippen LogP contribution in [0.3, 0.4) is 0 Å². The zero-order chi connectivity index (χ0) is 39.8. The predicted molar refractivity (Wildman–Crippen MR) is 209 cm³/mol. The zero-order valence-corrected chi connectivity index (χ0v) is 34.4. The summed E-state index contributed by atoms with van der Waals surface area (Å²) < 4.78 is 28.3. The molecular formula is C38H43Cl3N4O9S. The molecule has 1 aromatic heterocycles. The number of carbonyl (C=O) groups is 3. The van der Waals surface area contributed by atoms with Gasteiger partial charge in [0.25, 0.3) is 5.19 Å². The molecule has 2 atom stereocenters. The summed E-state index contributed by atoms with van der Waals surface area (Å²) in [6, 6.07) is 5.37. The largest absolute Gasteiger partial charge is 0.497 e. The van der Waals surface area contributed by atoms with E-state index in [-0.39, 0.29) is 38.3 Å². The molecular weight excluding hydrogens is 795 g/mol. The van der Waals surface area contributed by atoms with Crippen LogP contribution in [0.5, 0.6) is 22.4 Å². The molecule has 0 spiro atoms. The summed E-state index contributed by atoms with van der Waals surface area (Å²) in [5.41, 5.74) is 1.06. The summed E-state index contributed by atoms with van der Waals surface area (Å²) in [7, 11) is 3.06. The fourth-order valence-electron chi connectivity index (χ4n) is 6.95. The van der Waals surface area contributed by atoms with Crippen LogP contribution in [0.15, 0.2) is 36.0 Å². The Morgan fingerprint density at radius 2 is 1.71 bits per heavy atom. The van der Waals surface area contributed by atoms with E-state index in [9.17, 15) is 19.5 Å². The van der Waals surface area contributed by atoms with E-state index in [0.717, 1.165) is 11.1 Å². The number of nitrogens with zero attached hydrogens (tertiary/aromatic N) is 3. The highest BCUT2D eigenvalue weighted by atomic mass is 35.5. The van der Waals surface area contributed by atoms with Crippen molar-refractivity contribution >= 4 is 69.8 Å². The number of hydrogen-bond donors (Lipinski definition) is 2. The molecule has 3 heterocycles. The van der Waals surface area contributed by atoms with E-state index in [2.05, 4.69) is 10.3 Å². The van der Waals surface area contributed by atoms with Crippen LogP contribution in [-0.4, -0.2) is 102 Å². The van der Waals surface area contributed by atoms with Crippen LogP contribution in [0, 0.1) is 6.92 Å². The van der Waals surface area contributed by atoms with Crippen molar-refractivity contribution < 1.29 is 43.2 Å². The first-order valence-electron chi connectivity index (χ1n) is 17.6. The van der Waals surface area contributed by atoms with Gasteiger partial charge in [-0.2, -0.15) is 0 Å². The van der Waals surface area contributed by atoms with E-state index in [4.69, 9.17) is 58.5 Å². The van der Waals surface area contributed by atoms with Crippen molar-refractivity contribution in [3.63, 3.8) is 0 Å². The van der Waals surface area contributed by atoms with Gasteiger partial charge in [0.15, 0.2) is 5.75 Å². The number of rotatable bonds is 12. The number of nitrogens with one attached hydrogen (secondary N) is 1. The lowest BCUT2D eigenvalue weighted by molar-refractivity contribution is -0.119.